The Morgan fingerprint density at radius 1 is 1.19 bits per heavy atom. The van der Waals surface area contributed by atoms with E-state index in [1.165, 1.54) is 0 Å². The predicted molar refractivity (Wildman–Crippen MR) is 144 cm³/mol. The number of nitrogens with zero attached hydrogens (tertiary/aromatic N) is 5. The summed E-state index contributed by atoms with van der Waals surface area (Å²) in [5, 5.41) is 13.6. The molecule has 1 aromatic carbocycles. The Bertz CT molecular complexity index is 1360. The molecule has 9 heteroatoms. The minimum absolute atomic E-state index is 0.221. The number of nitrogens with one attached hydrogen (secondary N) is 1. The molecule has 4 heterocycles. The highest BCUT2D eigenvalue weighted by molar-refractivity contribution is 6.76. The van der Waals surface area contributed by atoms with Crippen molar-refractivity contribution in [3.05, 3.63) is 53.7 Å². The van der Waals surface area contributed by atoms with E-state index in [0.29, 0.717) is 24.6 Å². The molecule has 1 aliphatic rings. The van der Waals surface area contributed by atoms with Crippen molar-refractivity contribution < 1.29 is 9.13 Å². The number of halogens is 1. The average molecular weight is 507 g/mol. The van der Waals surface area contributed by atoms with Crippen LogP contribution in [-0.4, -0.2) is 45.8 Å². The highest BCUT2D eigenvalue weighted by Gasteiger charge is 2.22. The van der Waals surface area contributed by atoms with E-state index < -0.39 is 8.07 Å². The van der Waals surface area contributed by atoms with Gasteiger partial charge in [-0.1, -0.05) is 25.7 Å². The molecule has 1 saturated heterocycles. The molecule has 1 aliphatic heterocycles. The lowest BCUT2D eigenvalue weighted by Gasteiger charge is -2.15. The van der Waals surface area contributed by atoms with Crippen LogP contribution in [0.15, 0.2) is 36.8 Å². The monoisotopic (exact) mass is 506 g/mol. The normalized spacial score (nSPS) is 16.3. The third-order valence-electron chi connectivity index (χ3n) is 6.85. The summed E-state index contributed by atoms with van der Waals surface area (Å²) in [4.78, 5) is 4.68. The highest BCUT2D eigenvalue weighted by Crippen LogP contribution is 2.35. The Kier molecular flexibility index (Phi) is 6.80. The first-order chi connectivity index (χ1) is 17.2. The van der Waals surface area contributed by atoms with Gasteiger partial charge >= 0.3 is 0 Å². The molecule has 1 unspecified atom stereocenters. The second-order valence-corrected chi connectivity index (χ2v) is 16.7. The van der Waals surface area contributed by atoms with Crippen LogP contribution in [0.4, 0.5) is 4.39 Å². The summed E-state index contributed by atoms with van der Waals surface area (Å²) in [5.41, 5.74) is 5.58. The first-order valence-electron chi connectivity index (χ1n) is 12.7. The largest absolute Gasteiger partial charge is 0.360 e. The van der Waals surface area contributed by atoms with Crippen LogP contribution >= 0.6 is 0 Å². The standard InChI is InChI=1S/C27H35FN6OSi/c1-18-11-19(23-7-6-8-29-23)12-22(28)26(18)24-13-21-25(15-30-24)34(17-35-9-10-36(3,4)5)32-27(21)20-14-31-33(2)16-20/h11-16,23,29H,6-10,17H2,1-5H3. The number of aromatic nitrogens is 5. The van der Waals surface area contributed by atoms with E-state index in [4.69, 9.17) is 9.84 Å². The summed E-state index contributed by atoms with van der Waals surface area (Å²) in [6.07, 6.45) is 7.68. The van der Waals surface area contributed by atoms with E-state index in [-0.39, 0.29) is 11.9 Å². The van der Waals surface area contributed by atoms with Crippen LogP contribution in [0.3, 0.4) is 0 Å². The van der Waals surface area contributed by atoms with Gasteiger partial charge in [-0.25, -0.2) is 9.07 Å². The Labute approximate surface area is 212 Å². The number of hydrogen-bond acceptors (Lipinski definition) is 5. The van der Waals surface area contributed by atoms with Crippen LogP contribution in [0.1, 0.15) is 30.0 Å². The predicted octanol–water partition coefficient (Wildman–Crippen LogP) is 5.68. The summed E-state index contributed by atoms with van der Waals surface area (Å²) in [5.74, 6) is -0.240. The second kappa shape index (κ2) is 9.88. The van der Waals surface area contributed by atoms with Crippen LogP contribution in [0.5, 0.6) is 0 Å². The van der Waals surface area contributed by atoms with Gasteiger partial charge in [0.05, 0.1) is 23.6 Å². The first kappa shape index (κ1) is 24.8. The fourth-order valence-corrected chi connectivity index (χ4v) is 5.62. The molecule has 3 aromatic heterocycles. The van der Waals surface area contributed by atoms with E-state index in [1.54, 1.807) is 23.1 Å². The minimum atomic E-state index is -1.18. The Balaban J connectivity index is 1.53. The fourth-order valence-electron chi connectivity index (χ4n) is 4.86. The summed E-state index contributed by atoms with van der Waals surface area (Å²) >= 11 is 0. The van der Waals surface area contributed by atoms with Gasteiger partial charge < -0.3 is 10.1 Å². The van der Waals surface area contributed by atoms with Gasteiger partial charge in [-0.3, -0.25) is 9.67 Å². The molecule has 190 valence electrons. The number of rotatable bonds is 8. The topological polar surface area (TPSA) is 69.8 Å². The molecular formula is C27H35FN6OSi. The quantitative estimate of drug-likeness (QED) is 0.246. The lowest BCUT2D eigenvalue weighted by molar-refractivity contribution is 0.0818. The Hall–Kier alpha value is -2.88. The van der Waals surface area contributed by atoms with E-state index in [1.807, 2.05) is 30.9 Å². The van der Waals surface area contributed by atoms with Crippen molar-refractivity contribution in [1.82, 2.24) is 29.9 Å². The number of fused-ring (bicyclic) bond motifs is 1. The van der Waals surface area contributed by atoms with Gasteiger partial charge in [0, 0.05) is 50.5 Å². The summed E-state index contributed by atoms with van der Waals surface area (Å²) in [6, 6.07) is 7.01. The molecule has 7 nitrogen and oxygen atoms in total. The van der Waals surface area contributed by atoms with Crippen molar-refractivity contribution in [2.75, 3.05) is 13.2 Å². The van der Waals surface area contributed by atoms with Crippen molar-refractivity contribution >= 4 is 19.0 Å². The molecule has 1 atom stereocenters. The average Bonchev–Trinajstić information content (AvgIpc) is 3.56. The molecule has 36 heavy (non-hydrogen) atoms. The number of ether oxygens (including phenoxy) is 1. The molecule has 0 saturated carbocycles. The maximum absolute atomic E-state index is 15.5. The van der Waals surface area contributed by atoms with Gasteiger partial charge in [0.2, 0.25) is 0 Å². The molecular weight excluding hydrogens is 471 g/mol. The van der Waals surface area contributed by atoms with E-state index in [9.17, 15) is 0 Å². The summed E-state index contributed by atoms with van der Waals surface area (Å²) in [6.45, 7) is 11.0. The fraction of sp³-hybridized carbons (Fsp3) is 0.444. The Morgan fingerprint density at radius 2 is 2.03 bits per heavy atom. The molecule has 5 rings (SSSR count). The van der Waals surface area contributed by atoms with Crippen molar-refractivity contribution in [3.63, 3.8) is 0 Å². The molecule has 4 aromatic rings. The van der Waals surface area contributed by atoms with Gasteiger partial charge in [-0.15, -0.1) is 0 Å². The van der Waals surface area contributed by atoms with Crippen molar-refractivity contribution in [2.24, 2.45) is 7.05 Å². The number of hydrogen-bond donors (Lipinski definition) is 1. The van der Waals surface area contributed by atoms with Crippen molar-refractivity contribution in [2.45, 2.75) is 58.2 Å². The smallest absolute Gasteiger partial charge is 0.140 e. The molecule has 1 fully saturated rings. The molecule has 0 aliphatic carbocycles. The maximum atomic E-state index is 15.5. The highest BCUT2D eigenvalue weighted by atomic mass is 28.3. The van der Waals surface area contributed by atoms with Crippen molar-refractivity contribution in [3.8, 4) is 22.5 Å². The lowest BCUT2D eigenvalue weighted by Crippen LogP contribution is -2.22. The minimum Gasteiger partial charge on any atom is -0.360 e. The Morgan fingerprint density at radius 3 is 2.69 bits per heavy atom. The van der Waals surface area contributed by atoms with Gasteiger partial charge in [-0.2, -0.15) is 10.2 Å². The molecule has 0 amide bonds. The van der Waals surface area contributed by atoms with Crippen LogP contribution in [0.25, 0.3) is 33.4 Å². The first-order valence-corrected chi connectivity index (χ1v) is 16.4. The number of benzene rings is 1. The zero-order chi connectivity index (χ0) is 25.4. The molecule has 0 spiro atoms. The maximum Gasteiger partial charge on any atom is 0.140 e. The summed E-state index contributed by atoms with van der Waals surface area (Å²) in [7, 11) is 0.704. The van der Waals surface area contributed by atoms with Crippen LogP contribution in [-0.2, 0) is 18.5 Å². The zero-order valence-corrected chi connectivity index (χ0v) is 22.8. The van der Waals surface area contributed by atoms with Gasteiger partial charge in [-0.05, 0) is 55.6 Å². The number of aryl methyl sites for hydroxylation is 2. The van der Waals surface area contributed by atoms with Crippen LogP contribution in [0, 0.1) is 12.7 Å². The molecule has 0 bridgehead atoms. The zero-order valence-electron chi connectivity index (χ0n) is 21.8. The van der Waals surface area contributed by atoms with E-state index in [0.717, 1.165) is 58.7 Å². The third-order valence-corrected chi connectivity index (χ3v) is 8.56. The molecule has 0 radical (unpaired) electrons. The third kappa shape index (κ3) is 5.14. The van der Waals surface area contributed by atoms with Crippen LogP contribution < -0.4 is 5.32 Å². The second-order valence-electron chi connectivity index (χ2n) is 11.0. The van der Waals surface area contributed by atoms with E-state index in [2.05, 4.69) is 41.1 Å². The van der Waals surface area contributed by atoms with Gasteiger partial charge in [0.25, 0.3) is 0 Å². The van der Waals surface area contributed by atoms with E-state index >= 15 is 4.39 Å². The van der Waals surface area contributed by atoms with Crippen molar-refractivity contribution in [1.29, 1.82) is 0 Å². The SMILES string of the molecule is Cc1cc(C2CCCN2)cc(F)c1-c1cc2c(-c3cnn(C)c3)nn(COCC[Si](C)(C)C)c2cn1. The van der Waals surface area contributed by atoms with Crippen LogP contribution in [0.2, 0.25) is 25.7 Å². The summed E-state index contributed by atoms with van der Waals surface area (Å²) < 4.78 is 25.1. The van der Waals surface area contributed by atoms with Gasteiger partial charge in [0.1, 0.15) is 18.2 Å². The molecule has 1 N–H and O–H groups in total. The lowest BCUT2D eigenvalue weighted by atomic mass is 9.96. The van der Waals surface area contributed by atoms with Gasteiger partial charge in [0.15, 0.2) is 0 Å². The number of pyridine rings is 1.